The zero-order valence-electron chi connectivity index (χ0n) is 15.7. The van der Waals surface area contributed by atoms with Gasteiger partial charge in [-0.05, 0) is 35.4 Å². The summed E-state index contributed by atoms with van der Waals surface area (Å²) in [5.41, 5.74) is 2.80. The van der Waals surface area contributed by atoms with Gasteiger partial charge >= 0.3 is 5.97 Å². The molecule has 0 spiro atoms. The molecule has 142 valence electrons. The predicted octanol–water partition coefficient (Wildman–Crippen LogP) is 4.05. The van der Waals surface area contributed by atoms with Crippen molar-refractivity contribution in [3.05, 3.63) is 90.0 Å². The third kappa shape index (κ3) is 4.38. The quantitative estimate of drug-likeness (QED) is 0.684. The van der Waals surface area contributed by atoms with Crippen LogP contribution in [0.5, 0.6) is 5.75 Å². The molecule has 0 unspecified atom stereocenters. The minimum Gasteiger partial charge on any atom is -0.508 e. The van der Waals surface area contributed by atoms with Gasteiger partial charge in [-0.1, -0.05) is 54.6 Å². The van der Waals surface area contributed by atoms with Crippen LogP contribution in [-0.4, -0.2) is 36.0 Å². The first-order valence-corrected chi connectivity index (χ1v) is 8.82. The molecule has 3 aromatic carbocycles. The summed E-state index contributed by atoms with van der Waals surface area (Å²) >= 11 is 0. The second kappa shape index (κ2) is 8.39. The van der Waals surface area contributed by atoms with Crippen molar-refractivity contribution in [2.45, 2.75) is 6.10 Å². The molecule has 0 aliphatic heterocycles. The van der Waals surface area contributed by atoms with E-state index in [9.17, 15) is 14.7 Å². The molecule has 0 aromatic heterocycles. The Morgan fingerprint density at radius 1 is 0.821 bits per heavy atom. The van der Waals surface area contributed by atoms with E-state index in [-0.39, 0.29) is 11.7 Å². The highest BCUT2D eigenvalue weighted by atomic mass is 16.5. The van der Waals surface area contributed by atoms with Gasteiger partial charge in [0.2, 0.25) is 6.10 Å². The van der Waals surface area contributed by atoms with E-state index in [4.69, 9.17) is 4.74 Å². The maximum absolute atomic E-state index is 12.6. The van der Waals surface area contributed by atoms with Gasteiger partial charge in [0.15, 0.2) is 0 Å². The average Bonchev–Trinajstić information content (AvgIpc) is 2.72. The first kappa shape index (κ1) is 19.2. The molecular formula is C23H21NO4. The van der Waals surface area contributed by atoms with E-state index in [2.05, 4.69) is 0 Å². The first-order chi connectivity index (χ1) is 13.5. The summed E-state index contributed by atoms with van der Waals surface area (Å²) in [5, 5.41) is 9.39. The molecule has 1 amide bonds. The molecule has 0 heterocycles. The van der Waals surface area contributed by atoms with Gasteiger partial charge in [-0.15, -0.1) is 0 Å². The zero-order chi connectivity index (χ0) is 20.1. The fourth-order valence-corrected chi connectivity index (χ4v) is 2.75. The Kier molecular flexibility index (Phi) is 5.75. The summed E-state index contributed by atoms with van der Waals surface area (Å²) in [6.45, 7) is 0. The predicted molar refractivity (Wildman–Crippen MR) is 107 cm³/mol. The minimum absolute atomic E-state index is 0.196. The van der Waals surface area contributed by atoms with Gasteiger partial charge in [-0.25, -0.2) is 4.79 Å². The number of ether oxygens (including phenoxy) is 1. The van der Waals surface area contributed by atoms with Crippen LogP contribution in [0.1, 0.15) is 22.0 Å². The van der Waals surface area contributed by atoms with E-state index in [1.807, 2.05) is 6.07 Å². The smallest absolute Gasteiger partial charge is 0.339 e. The number of phenols is 1. The number of hydrogen-bond donors (Lipinski definition) is 1. The van der Waals surface area contributed by atoms with E-state index in [1.165, 1.54) is 4.90 Å². The lowest BCUT2D eigenvalue weighted by Gasteiger charge is -2.21. The third-order valence-corrected chi connectivity index (χ3v) is 4.31. The van der Waals surface area contributed by atoms with E-state index in [0.717, 1.165) is 11.1 Å². The number of nitrogens with zero attached hydrogens (tertiary/aromatic N) is 1. The lowest BCUT2D eigenvalue weighted by atomic mass is 10.0. The van der Waals surface area contributed by atoms with Gasteiger partial charge < -0.3 is 14.7 Å². The van der Waals surface area contributed by atoms with Crippen molar-refractivity contribution in [3.63, 3.8) is 0 Å². The second-order valence-corrected chi connectivity index (χ2v) is 6.55. The molecule has 0 aliphatic carbocycles. The molecule has 5 heteroatoms. The molecule has 1 N–H and O–H groups in total. The highest BCUT2D eigenvalue weighted by molar-refractivity contribution is 5.93. The average molecular weight is 375 g/mol. The lowest BCUT2D eigenvalue weighted by molar-refractivity contribution is -0.138. The van der Waals surface area contributed by atoms with Crippen LogP contribution in [0, 0.1) is 0 Å². The van der Waals surface area contributed by atoms with Crippen molar-refractivity contribution in [3.8, 4) is 16.9 Å². The molecule has 3 aromatic rings. The molecule has 0 saturated carbocycles. The molecule has 0 aliphatic rings. The summed E-state index contributed by atoms with van der Waals surface area (Å²) in [4.78, 5) is 26.5. The van der Waals surface area contributed by atoms with Crippen molar-refractivity contribution in [2.24, 2.45) is 0 Å². The summed E-state index contributed by atoms with van der Waals surface area (Å²) in [6, 6.07) is 22.7. The largest absolute Gasteiger partial charge is 0.508 e. The van der Waals surface area contributed by atoms with Gasteiger partial charge in [0.1, 0.15) is 5.75 Å². The van der Waals surface area contributed by atoms with Gasteiger partial charge in [-0.3, -0.25) is 4.79 Å². The van der Waals surface area contributed by atoms with E-state index in [0.29, 0.717) is 11.1 Å². The van der Waals surface area contributed by atoms with Gasteiger partial charge in [-0.2, -0.15) is 0 Å². The van der Waals surface area contributed by atoms with Crippen LogP contribution in [0.4, 0.5) is 0 Å². The number of amides is 1. The number of phenolic OH excluding ortho intramolecular Hbond substituents is 1. The fraction of sp³-hybridized carbons (Fsp3) is 0.130. The summed E-state index contributed by atoms with van der Waals surface area (Å²) in [7, 11) is 3.25. The van der Waals surface area contributed by atoms with E-state index in [1.54, 1.807) is 86.9 Å². The Labute approximate surface area is 163 Å². The highest BCUT2D eigenvalue weighted by Crippen LogP contribution is 2.24. The Balaban J connectivity index is 1.80. The highest BCUT2D eigenvalue weighted by Gasteiger charge is 2.26. The summed E-state index contributed by atoms with van der Waals surface area (Å²) < 4.78 is 5.54. The number of esters is 1. The van der Waals surface area contributed by atoms with Gasteiger partial charge in [0.05, 0.1) is 5.56 Å². The van der Waals surface area contributed by atoms with Crippen molar-refractivity contribution in [2.75, 3.05) is 14.1 Å². The summed E-state index contributed by atoms with van der Waals surface area (Å²) in [6.07, 6.45) is -1.000. The number of carbonyl (C=O) groups is 2. The fourth-order valence-electron chi connectivity index (χ4n) is 2.75. The molecule has 0 fully saturated rings. The molecule has 0 bridgehead atoms. The number of hydrogen-bond acceptors (Lipinski definition) is 4. The Bertz CT molecular complexity index is 948. The van der Waals surface area contributed by atoms with Crippen molar-refractivity contribution in [1.82, 2.24) is 4.90 Å². The van der Waals surface area contributed by atoms with Gasteiger partial charge in [0.25, 0.3) is 5.91 Å². The molecule has 5 nitrogen and oxygen atoms in total. The topological polar surface area (TPSA) is 66.8 Å². The maximum atomic E-state index is 12.6. The van der Waals surface area contributed by atoms with Gasteiger partial charge in [0, 0.05) is 19.7 Å². The molecule has 3 rings (SSSR count). The lowest BCUT2D eigenvalue weighted by Crippen LogP contribution is -2.31. The van der Waals surface area contributed by atoms with Crippen molar-refractivity contribution < 1.29 is 19.4 Å². The van der Waals surface area contributed by atoms with Crippen LogP contribution in [0.15, 0.2) is 78.9 Å². The SMILES string of the molecule is CN(C)C(=O)[C@H](OC(=O)c1ccc(-c2ccc(O)cc2)cc1)c1ccccc1. The Morgan fingerprint density at radius 2 is 1.36 bits per heavy atom. The standard InChI is InChI=1S/C23H21NO4/c1-24(2)22(26)21(18-6-4-3-5-7-18)28-23(27)19-10-8-16(9-11-19)17-12-14-20(25)15-13-17/h3-15,21,25H,1-2H3/t21-/m1/s1. The monoisotopic (exact) mass is 375 g/mol. The van der Waals surface area contributed by atoms with Crippen LogP contribution in [0.3, 0.4) is 0 Å². The minimum atomic E-state index is -1.000. The number of aromatic hydroxyl groups is 1. The molecule has 1 atom stereocenters. The Hall–Kier alpha value is -3.60. The molecular weight excluding hydrogens is 354 g/mol. The van der Waals surface area contributed by atoms with Crippen LogP contribution in [0.2, 0.25) is 0 Å². The number of benzene rings is 3. The number of carbonyl (C=O) groups excluding carboxylic acids is 2. The third-order valence-electron chi connectivity index (χ3n) is 4.31. The van der Waals surface area contributed by atoms with E-state index >= 15 is 0 Å². The van der Waals surface area contributed by atoms with Crippen molar-refractivity contribution >= 4 is 11.9 Å². The maximum Gasteiger partial charge on any atom is 0.339 e. The van der Waals surface area contributed by atoms with Crippen LogP contribution in [0.25, 0.3) is 11.1 Å². The van der Waals surface area contributed by atoms with Crippen molar-refractivity contribution in [1.29, 1.82) is 0 Å². The Morgan fingerprint density at radius 3 is 1.89 bits per heavy atom. The summed E-state index contributed by atoms with van der Waals surface area (Å²) in [5.74, 6) is -0.678. The molecule has 0 saturated heterocycles. The number of likely N-dealkylation sites (N-methyl/N-ethyl adjacent to an activating group) is 1. The number of rotatable bonds is 5. The van der Waals surface area contributed by atoms with Crippen LogP contribution < -0.4 is 0 Å². The van der Waals surface area contributed by atoms with Crippen LogP contribution in [-0.2, 0) is 9.53 Å². The van der Waals surface area contributed by atoms with E-state index < -0.39 is 12.1 Å². The second-order valence-electron chi connectivity index (χ2n) is 6.55. The first-order valence-electron chi connectivity index (χ1n) is 8.82. The molecule has 0 radical (unpaired) electrons. The zero-order valence-corrected chi connectivity index (χ0v) is 15.7. The van der Waals surface area contributed by atoms with Crippen LogP contribution >= 0.6 is 0 Å². The molecule has 28 heavy (non-hydrogen) atoms. The normalized spacial score (nSPS) is 11.5.